The molecule has 0 heterocycles. The first-order valence-electron chi connectivity index (χ1n) is 22.6. The zero-order valence-electron chi connectivity index (χ0n) is 50.9. The van der Waals surface area contributed by atoms with E-state index in [9.17, 15) is 89.4 Å². The number of aliphatic hydroxyl groups excluding tert-OH is 2. The number of aliphatic hydroxyl groups is 2. The quantitative estimate of drug-likeness (QED) is 0.214. The topological polar surface area (TPSA) is 474 Å². The van der Waals surface area contributed by atoms with Gasteiger partial charge in [-0.15, -0.1) is 13.2 Å². The van der Waals surface area contributed by atoms with E-state index in [2.05, 4.69) is 0 Å². The molecule has 0 radical (unpaired) electrons. The van der Waals surface area contributed by atoms with Crippen molar-refractivity contribution < 1.29 is 262 Å². The Balaban J connectivity index is -0.0000000388. The Bertz CT molecular complexity index is 1170. The summed E-state index contributed by atoms with van der Waals surface area (Å²) in [5.41, 5.74) is -5.56. The van der Waals surface area contributed by atoms with Crippen molar-refractivity contribution in [2.24, 2.45) is 43.3 Å². The van der Waals surface area contributed by atoms with Crippen molar-refractivity contribution in [1.29, 1.82) is 0 Å². The average molecular weight is 1740 g/mol. The molecule has 0 fully saturated rings. The van der Waals surface area contributed by atoms with Crippen LogP contribution in [0, 0.1) is 194 Å². The van der Waals surface area contributed by atoms with Gasteiger partial charge in [0.1, 0.15) is 0 Å². The van der Waals surface area contributed by atoms with Gasteiger partial charge in [0.15, 0.2) is 0 Å². The Morgan fingerprint density at radius 2 is 0.359 bits per heavy atom. The van der Waals surface area contributed by atoms with Gasteiger partial charge in [0.25, 0.3) is 0 Å². The van der Waals surface area contributed by atoms with Crippen molar-refractivity contribution in [2.75, 3.05) is 66.7 Å². The first-order chi connectivity index (χ1) is 31.2. The van der Waals surface area contributed by atoms with Crippen molar-refractivity contribution in [3.05, 3.63) is 0 Å². The predicted molar refractivity (Wildman–Crippen MR) is 258 cm³/mol. The molecular weight excluding hydrogens is 1640 g/mol. The molecule has 484 valence electrons. The zero-order chi connectivity index (χ0) is 61.4. The first kappa shape index (κ1) is 121. The summed E-state index contributed by atoms with van der Waals surface area (Å²) in [4.78, 5) is 82.9. The van der Waals surface area contributed by atoms with Crippen LogP contribution in [0.15, 0.2) is 0 Å². The summed E-state index contributed by atoms with van der Waals surface area (Å²) in [5, 5.41) is 116. The fourth-order valence-electron chi connectivity index (χ4n) is 0.877. The van der Waals surface area contributed by atoms with E-state index in [1.165, 1.54) is 0 Å². The van der Waals surface area contributed by atoms with Gasteiger partial charge in [0.05, 0.1) is 13.2 Å². The first-order valence-corrected chi connectivity index (χ1v) is 22.6. The molecule has 0 saturated carbocycles. The Hall–Kier alpha value is 0.479. The van der Waals surface area contributed by atoms with Crippen LogP contribution in [0.2, 0.25) is 0 Å². The summed E-state index contributed by atoms with van der Waals surface area (Å²) in [7, 11) is 3.63. The van der Waals surface area contributed by atoms with E-state index in [0.29, 0.717) is 26.2 Å². The van der Waals surface area contributed by atoms with Gasteiger partial charge in [-0.1, -0.05) is 166 Å². The van der Waals surface area contributed by atoms with E-state index in [1.807, 2.05) is 14.1 Å². The molecule has 24 nitrogen and oxygen atoms in total. The van der Waals surface area contributed by atoms with Gasteiger partial charge >= 0.3 is 151 Å². The number of carbonyl (C=O) groups is 8. The molecule has 0 unspecified atom stereocenters. The number of hydrogen-bond acceptors (Lipinski definition) is 24. The number of rotatable bonds is 8. The van der Waals surface area contributed by atoms with Crippen LogP contribution in [0.3, 0.4) is 0 Å². The normalized spacial score (nSPS) is 10.3. The molecule has 0 rings (SSSR count). The molecule has 0 atom stereocenters. The molecule has 0 aromatic carbocycles. The number of hydrogen-bond donors (Lipinski definition) is 2. The molecule has 0 bridgehead atoms. The van der Waals surface area contributed by atoms with Crippen LogP contribution in [-0.4, -0.2) is 145 Å². The molecule has 4 N–H and O–H groups in total. The zero-order valence-corrected chi connectivity index (χ0v) is 58.6. The number of carboxylic acid groups (broad SMARTS) is 8. The molecule has 0 aliphatic carbocycles. The summed E-state index contributed by atoms with van der Waals surface area (Å²) >= 11 is 0. The van der Waals surface area contributed by atoms with E-state index in [4.69, 9.17) is 10.2 Å². The molecule has 0 amide bonds. The van der Waals surface area contributed by atoms with Crippen molar-refractivity contribution in [3.63, 3.8) is 0 Å². The van der Waals surface area contributed by atoms with Crippen molar-refractivity contribution in [1.82, 2.24) is 9.80 Å². The fraction of sp³-hybridized carbons (Fsp3) is 0.840. The van der Waals surface area contributed by atoms with Gasteiger partial charge in [-0.05, 0) is 27.2 Å². The summed E-state index contributed by atoms with van der Waals surface area (Å²) in [6.07, 6.45) is 0. The minimum atomic E-state index is -1.01. The van der Waals surface area contributed by atoms with Crippen LogP contribution in [0.25, 0.3) is 0 Å². The van der Waals surface area contributed by atoms with Crippen LogP contribution in [0.1, 0.15) is 166 Å². The average Bonchev–Trinajstić information content (AvgIpc) is 3.11. The number of carbonyl (C=O) groups excluding carboxylic acids is 8. The summed E-state index contributed by atoms with van der Waals surface area (Å²) in [6, 6.07) is 0. The molecule has 0 saturated heterocycles. The number of likely N-dealkylation sites (N-methyl/N-ethyl adjacent to an activating group) is 2. The molecule has 28 heteroatoms. The number of aliphatic carboxylic acids is 8. The Labute approximate surface area is 587 Å². The van der Waals surface area contributed by atoms with Crippen LogP contribution in [0.5, 0.6) is 0 Å². The molecule has 78 heavy (non-hydrogen) atoms. The van der Waals surface area contributed by atoms with Crippen LogP contribution >= 0.6 is 0 Å². The Morgan fingerprint density at radius 1 is 0.282 bits per heavy atom. The summed E-state index contributed by atoms with van der Waals surface area (Å²) in [6.45, 7) is 40.7. The maximum absolute atomic E-state index is 9.91. The number of carboxylic acids is 8. The van der Waals surface area contributed by atoms with E-state index in [0.717, 1.165) is 0 Å². The molecule has 0 aliphatic heterocycles. The largest absolute Gasteiger partial charge is 3.00 e. The van der Waals surface area contributed by atoms with E-state index >= 15 is 0 Å². The smallest absolute Gasteiger partial charge is 0.870 e. The van der Waals surface area contributed by atoms with Gasteiger partial charge < -0.3 is 120 Å². The van der Waals surface area contributed by atoms with Gasteiger partial charge in [-0.25, -0.2) is 0 Å². The molecule has 0 aliphatic rings. The number of nitrogens with zero attached hydrogens (tertiary/aromatic N) is 2. The van der Waals surface area contributed by atoms with Crippen molar-refractivity contribution >= 4 is 47.8 Å². The predicted octanol–water partition coefficient (Wildman–Crippen LogP) is -5.55. The molecular formula is C50H98Ho4N2O22. The minimum absolute atomic E-state index is 0. The third-order valence-electron chi connectivity index (χ3n) is 6.81. The maximum atomic E-state index is 9.91. The van der Waals surface area contributed by atoms with Crippen molar-refractivity contribution in [2.45, 2.75) is 166 Å². The monoisotopic (exact) mass is 1740 g/mol. The molecule has 0 spiro atoms. The van der Waals surface area contributed by atoms with E-state index in [-0.39, 0.29) is 188 Å². The third-order valence-corrected chi connectivity index (χ3v) is 6.81. The summed E-state index contributed by atoms with van der Waals surface area (Å²) in [5.74, 6) is -8.06. The fourth-order valence-corrected chi connectivity index (χ4v) is 0.877. The van der Waals surface area contributed by atoms with Gasteiger partial charge in [0, 0.05) is 104 Å². The third kappa shape index (κ3) is 119. The van der Waals surface area contributed by atoms with Gasteiger partial charge in [0.2, 0.25) is 0 Å². The minimum Gasteiger partial charge on any atom is -0.870 e. The van der Waals surface area contributed by atoms with Gasteiger partial charge in [-0.2, -0.15) is 0 Å². The van der Waals surface area contributed by atoms with E-state index in [1.54, 1.807) is 176 Å². The van der Waals surface area contributed by atoms with Gasteiger partial charge in [-0.3, -0.25) is 0 Å². The second-order valence-corrected chi connectivity index (χ2v) is 23.8. The molecule has 0 aromatic heterocycles. The van der Waals surface area contributed by atoms with Crippen LogP contribution in [-0.2, 0) is 38.4 Å². The van der Waals surface area contributed by atoms with Crippen LogP contribution in [0.4, 0.5) is 0 Å². The maximum Gasteiger partial charge on any atom is 3.00 e. The molecule has 0 aromatic rings. The Morgan fingerprint density at radius 3 is 0.397 bits per heavy atom. The second-order valence-electron chi connectivity index (χ2n) is 23.8. The van der Waals surface area contributed by atoms with Crippen molar-refractivity contribution in [3.8, 4) is 0 Å². The van der Waals surface area contributed by atoms with Crippen LogP contribution < -0.4 is 51.1 Å². The Kier molecular flexibility index (Phi) is 93.8. The standard InChI is InChI=1S/2C5H12NO2.8C5H10O2.4Ho.2H2O/c2*1-6(2-4-7)3-5-8;8*1-5(2,3)4(6)7;;;;;;/h2*7H,2-5H2,1H3;8*1-3H3,(H,6,7);;;;;2*1H2/q2*-1;;;;;;;;;4*+3;;/p-10. The second kappa shape index (κ2) is 60.6. The SMILES string of the molecule is CC(C)(C)C(=O)[O-].CC(C)(C)C(=O)[O-].CC(C)(C)C(=O)[O-].CC(C)(C)C(=O)[O-].CC(C)(C)C(=O)[O-].CC(C)(C)C(=O)[O-].CC(C)(C)C(=O)[O-].CC(C)(C)C(=O)[O-].CN(CC[O-])CCO.CN(CC[O-])CCO.[Ho+3].[Ho+3].[Ho+3].[Ho+3].[OH-].[OH-]. The van der Waals surface area contributed by atoms with E-state index < -0.39 is 91.1 Å². The summed E-state index contributed by atoms with van der Waals surface area (Å²) < 4.78 is 0.